The van der Waals surface area contributed by atoms with Gasteiger partial charge in [0.05, 0.1) is 0 Å². The first-order chi connectivity index (χ1) is 7.81. The second kappa shape index (κ2) is 5.51. The van der Waals surface area contributed by atoms with Gasteiger partial charge >= 0.3 is 5.97 Å². The Morgan fingerprint density at radius 2 is 2.29 bits per heavy atom. The van der Waals surface area contributed by atoms with E-state index in [1.807, 2.05) is 6.92 Å². The van der Waals surface area contributed by atoms with E-state index in [1.54, 1.807) is 12.1 Å². The molecule has 0 saturated heterocycles. The van der Waals surface area contributed by atoms with E-state index in [1.165, 1.54) is 30.8 Å². The minimum absolute atomic E-state index is 0.00269. The Balaban J connectivity index is 2.61. The van der Waals surface area contributed by atoms with E-state index in [0.717, 1.165) is 4.90 Å². The number of thioether (sulfide) groups is 1. The van der Waals surface area contributed by atoms with Crippen molar-refractivity contribution in [2.75, 3.05) is 0 Å². The van der Waals surface area contributed by atoms with Gasteiger partial charge in [-0.3, -0.25) is 4.79 Å². The molecule has 3 nitrogen and oxygen atoms in total. The third-order valence-electron chi connectivity index (χ3n) is 2.33. The van der Waals surface area contributed by atoms with Crippen LogP contribution in [0.4, 0.5) is 4.39 Å². The summed E-state index contributed by atoms with van der Waals surface area (Å²) in [5.74, 6) is -1.32. The van der Waals surface area contributed by atoms with Crippen molar-refractivity contribution < 1.29 is 14.3 Å². The highest BCUT2D eigenvalue weighted by Crippen LogP contribution is 2.28. The molecule has 0 bridgehead atoms. The van der Waals surface area contributed by atoms with Gasteiger partial charge in [-0.25, -0.2) is 4.39 Å². The van der Waals surface area contributed by atoms with Gasteiger partial charge in [-0.2, -0.15) is 0 Å². The van der Waals surface area contributed by atoms with Gasteiger partial charge in [0.15, 0.2) is 0 Å². The number of nitrogens with two attached hydrogens (primary N) is 1. The molecule has 0 spiro atoms. The molecule has 0 aliphatic heterocycles. The highest BCUT2D eigenvalue weighted by atomic mass is 32.2. The lowest BCUT2D eigenvalue weighted by atomic mass is 9.98. The third-order valence-corrected chi connectivity index (χ3v) is 3.43. The molecule has 1 rings (SSSR count). The van der Waals surface area contributed by atoms with Crippen molar-refractivity contribution in [3.63, 3.8) is 0 Å². The van der Waals surface area contributed by atoms with Crippen LogP contribution in [0.15, 0.2) is 29.2 Å². The van der Waals surface area contributed by atoms with E-state index in [0.29, 0.717) is 6.42 Å². The van der Waals surface area contributed by atoms with E-state index >= 15 is 0 Å². The van der Waals surface area contributed by atoms with Crippen molar-refractivity contribution in [1.82, 2.24) is 0 Å². The van der Waals surface area contributed by atoms with Crippen LogP contribution in [0, 0.1) is 5.82 Å². The molecule has 0 radical (unpaired) electrons. The first-order valence-electron chi connectivity index (χ1n) is 5.26. The van der Waals surface area contributed by atoms with Gasteiger partial charge in [0, 0.05) is 10.1 Å². The summed E-state index contributed by atoms with van der Waals surface area (Å²) in [5, 5.41) is 8.91. The van der Waals surface area contributed by atoms with E-state index in [-0.39, 0.29) is 11.1 Å². The molecule has 94 valence electrons. The van der Waals surface area contributed by atoms with Crippen LogP contribution in [-0.4, -0.2) is 21.9 Å². The lowest BCUT2D eigenvalue weighted by Gasteiger charge is -2.23. The van der Waals surface area contributed by atoms with Crippen molar-refractivity contribution in [2.45, 2.75) is 36.0 Å². The summed E-state index contributed by atoms with van der Waals surface area (Å²) in [4.78, 5) is 11.6. The monoisotopic (exact) mass is 257 g/mol. The Kier molecular flexibility index (Phi) is 4.54. The maximum atomic E-state index is 13.0. The number of halogens is 1. The fourth-order valence-electron chi connectivity index (χ4n) is 1.50. The summed E-state index contributed by atoms with van der Waals surface area (Å²) in [6.45, 7) is 3.36. The Bertz CT molecular complexity index is 409. The second-order valence-corrected chi connectivity index (χ2v) is 5.82. The topological polar surface area (TPSA) is 63.3 Å². The molecule has 17 heavy (non-hydrogen) atoms. The van der Waals surface area contributed by atoms with Crippen LogP contribution >= 0.6 is 11.8 Å². The molecule has 5 heteroatoms. The maximum absolute atomic E-state index is 13.0. The summed E-state index contributed by atoms with van der Waals surface area (Å²) in [6, 6.07) is 6.22. The summed E-state index contributed by atoms with van der Waals surface area (Å²) in [5.41, 5.74) is 4.41. The third kappa shape index (κ3) is 4.36. The van der Waals surface area contributed by atoms with Crippen molar-refractivity contribution in [3.05, 3.63) is 30.1 Å². The summed E-state index contributed by atoms with van der Waals surface area (Å²) in [6.07, 6.45) is 0.323. The zero-order chi connectivity index (χ0) is 13.1. The van der Waals surface area contributed by atoms with Crippen LogP contribution in [-0.2, 0) is 4.79 Å². The molecule has 0 aromatic heterocycles. The Hall–Kier alpha value is -1.07. The average molecular weight is 257 g/mol. The van der Waals surface area contributed by atoms with Gasteiger partial charge in [0.1, 0.15) is 11.4 Å². The van der Waals surface area contributed by atoms with Crippen molar-refractivity contribution in [1.29, 1.82) is 0 Å². The van der Waals surface area contributed by atoms with E-state index < -0.39 is 11.5 Å². The molecule has 2 atom stereocenters. The number of aliphatic carboxylic acids is 1. The SMILES string of the molecule is CC(CC(C)(N)C(=O)O)Sc1cccc(F)c1. The van der Waals surface area contributed by atoms with Crippen LogP contribution in [0.5, 0.6) is 0 Å². The number of carboxylic acids is 1. The van der Waals surface area contributed by atoms with Gasteiger partial charge in [0.25, 0.3) is 0 Å². The summed E-state index contributed by atoms with van der Waals surface area (Å²) < 4.78 is 13.0. The zero-order valence-electron chi connectivity index (χ0n) is 9.81. The lowest BCUT2D eigenvalue weighted by Crippen LogP contribution is -2.46. The normalized spacial score (nSPS) is 16.2. The van der Waals surface area contributed by atoms with Crippen LogP contribution in [0.25, 0.3) is 0 Å². The Morgan fingerprint density at radius 1 is 1.65 bits per heavy atom. The van der Waals surface area contributed by atoms with Crippen molar-refractivity contribution in [3.8, 4) is 0 Å². The smallest absolute Gasteiger partial charge is 0.323 e. The van der Waals surface area contributed by atoms with Gasteiger partial charge in [-0.05, 0) is 31.5 Å². The molecule has 0 saturated carbocycles. The predicted molar refractivity (Wildman–Crippen MR) is 66.6 cm³/mol. The van der Waals surface area contributed by atoms with Gasteiger partial charge in [-0.15, -0.1) is 11.8 Å². The molecular formula is C12H16FNO2S. The van der Waals surface area contributed by atoms with Gasteiger partial charge in [0.2, 0.25) is 0 Å². The largest absolute Gasteiger partial charge is 0.480 e. The van der Waals surface area contributed by atoms with Crippen LogP contribution in [0.3, 0.4) is 0 Å². The number of hydrogen-bond donors (Lipinski definition) is 2. The lowest BCUT2D eigenvalue weighted by molar-refractivity contribution is -0.142. The molecule has 0 amide bonds. The Labute approximate surface area is 104 Å². The minimum Gasteiger partial charge on any atom is -0.480 e. The first-order valence-corrected chi connectivity index (χ1v) is 6.14. The summed E-state index contributed by atoms with van der Waals surface area (Å²) >= 11 is 1.42. The molecule has 1 aromatic rings. The molecule has 0 fully saturated rings. The molecule has 2 unspecified atom stereocenters. The number of carboxylic acid groups (broad SMARTS) is 1. The molecule has 0 aliphatic rings. The Morgan fingerprint density at radius 3 is 2.82 bits per heavy atom. The number of rotatable bonds is 5. The van der Waals surface area contributed by atoms with E-state index in [9.17, 15) is 9.18 Å². The number of hydrogen-bond acceptors (Lipinski definition) is 3. The maximum Gasteiger partial charge on any atom is 0.323 e. The average Bonchev–Trinajstić information content (AvgIpc) is 2.15. The van der Waals surface area contributed by atoms with Crippen LogP contribution in [0.2, 0.25) is 0 Å². The molecule has 0 heterocycles. The van der Waals surface area contributed by atoms with Crippen LogP contribution in [0.1, 0.15) is 20.3 Å². The molecular weight excluding hydrogens is 241 g/mol. The minimum atomic E-state index is -1.25. The van der Waals surface area contributed by atoms with Crippen molar-refractivity contribution >= 4 is 17.7 Å². The number of benzene rings is 1. The quantitative estimate of drug-likeness (QED) is 0.795. The van der Waals surface area contributed by atoms with E-state index in [2.05, 4.69) is 0 Å². The fourth-order valence-corrected chi connectivity index (χ4v) is 2.73. The molecule has 1 aromatic carbocycles. The highest BCUT2D eigenvalue weighted by molar-refractivity contribution is 7.99. The highest BCUT2D eigenvalue weighted by Gasteiger charge is 2.30. The molecule has 0 aliphatic carbocycles. The second-order valence-electron chi connectivity index (χ2n) is 4.31. The van der Waals surface area contributed by atoms with Crippen LogP contribution < -0.4 is 5.73 Å². The van der Waals surface area contributed by atoms with Gasteiger partial charge < -0.3 is 10.8 Å². The zero-order valence-corrected chi connectivity index (χ0v) is 10.6. The predicted octanol–water partition coefficient (Wildman–Crippen LogP) is 2.50. The fraction of sp³-hybridized carbons (Fsp3) is 0.417. The standard InChI is InChI=1S/C12H16FNO2S/c1-8(7-12(2,14)11(15)16)17-10-5-3-4-9(13)6-10/h3-6,8H,7,14H2,1-2H3,(H,15,16). The van der Waals surface area contributed by atoms with E-state index in [4.69, 9.17) is 10.8 Å². The van der Waals surface area contributed by atoms with Gasteiger partial charge in [-0.1, -0.05) is 13.0 Å². The van der Waals surface area contributed by atoms with Crippen molar-refractivity contribution in [2.24, 2.45) is 5.73 Å². The summed E-state index contributed by atoms with van der Waals surface area (Å²) in [7, 11) is 0. The first kappa shape index (κ1) is 14.0. The molecule has 3 N–H and O–H groups in total. The number of carbonyl (C=O) groups is 1.